The van der Waals surface area contributed by atoms with E-state index >= 15 is 0 Å². The fraction of sp³-hybridized carbons (Fsp3) is 0.900. The van der Waals surface area contributed by atoms with E-state index in [2.05, 4.69) is 13.8 Å². The molecule has 11 unspecified atom stereocenters. The molecule has 0 aromatic rings. The van der Waals surface area contributed by atoms with Gasteiger partial charge in [-0.25, -0.2) is 0 Å². The molecule has 3 fully saturated rings. The molecule has 0 aromatic carbocycles. The Hall–Kier alpha value is -0.790. The quantitative estimate of drug-likeness (QED) is 0.394. The van der Waals surface area contributed by atoms with Gasteiger partial charge in [-0.2, -0.15) is 0 Å². The molecule has 0 saturated heterocycles. The van der Waals surface area contributed by atoms with Gasteiger partial charge in [-0.05, 0) is 91.9 Å². The van der Waals surface area contributed by atoms with Crippen molar-refractivity contribution in [1.29, 1.82) is 0 Å². The highest BCUT2D eigenvalue weighted by Gasteiger charge is 2.71. The number of carbonyl (C=O) groups excluding carboxylic acids is 1. The van der Waals surface area contributed by atoms with Gasteiger partial charge in [0, 0.05) is 23.3 Å². The Bertz CT molecular complexity index is 978. The molecule has 5 rings (SSSR count). The molecule has 6 nitrogen and oxygen atoms in total. The fourth-order valence-corrected chi connectivity index (χ4v) is 10.4. The summed E-state index contributed by atoms with van der Waals surface area (Å²) in [6.45, 7) is 13.9. The number of aliphatic hydroxyl groups is 5. The molecule has 0 aromatic heterocycles. The lowest BCUT2D eigenvalue weighted by molar-refractivity contribution is -0.141. The lowest BCUT2D eigenvalue weighted by Crippen LogP contribution is -2.61. The van der Waals surface area contributed by atoms with Crippen molar-refractivity contribution in [2.45, 2.75) is 123 Å². The average Bonchev–Trinajstić information content (AvgIpc) is 3.23. The van der Waals surface area contributed by atoms with Crippen LogP contribution < -0.4 is 0 Å². The molecule has 5 aliphatic rings. The zero-order chi connectivity index (χ0) is 26.8. The molecule has 3 saturated carbocycles. The maximum Gasteiger partial charge on any atom is 0.159 e. The van der Waals surface area contributed by atoms with Crippen LogP contribution in [0.25, 0.3) is 0 Å². The summed E-state index contributed by atoms with van der Waals surface area (Å²) >= 11 is 0. The highest BCUT2D eigenvalue weighted by Crippen LogP contribution is 2.72. The molecule has 36 heavy (non-hydrogen) atoms. The third-order valence-electron chi connectivity index (χ3n) is 12.7. The van der Waals surface area contributed by atoms with Gasteiger partial charge in [0.25, 0.3) is 0 Å². The maximum absolute atomic E-state index is 14.0. The minimum atomic E-state index is -0.987. The van der Waals surface area contributed by atoms with Gasteiger partial charge in [0.2, 0.25) is 0 Å². The normalized spacial score (nSPS) is 52.7. The standard InChI is InChI=1S/C30H48O6/c1-26(2)20-13-18(31)24-23(28(20,5)11-10-21(26)33)19(32)14-29(6)17(12-22(34)30(24,29)7)15-8-9-16(25(15)35)27(3,4)36/h15-17,19-22,25,32-36H,8-14H2,1-7H3. The van der Waals surface area contributed by atoms with E-state index in [0.29, 0.717) is 37.7 Å². The van der Waals surface area contributed by atoms with Gasteiger partial charge in [-0.3, -0.25) is 4.79 Å². The molecule has 6 heteroatoms. The SMILES string of the molecule is CC(C)(O)C1CCC(C2CC(O)C3(C)C4=C(C(O)CC23C)C2(C)CCC(O)C(C)(C)C2CC4=O)C1O. The first-order valence-corrected chi connectivity index (χ1v) is 14.1. The minimum Gasteiger partial charge on any atom is -0.393 e. The highest BCUT2D eigenvalue weighted by atomic mass is 16.3. The van der Waals surface area contributed by atoms with Crippen molar-refractivity contribution in [3.05, 3.63) is 11.1 Å². The van der Waals surface area contributed by atoms with Gasteiger partial charge in [0.15, 0.2) is 5.78 Å². The van der Waals surface area contributed by atoms with Crippen molar-refractivity contribution in [2.75, 3.05) is 0 Å². The van der Waals surface area contributed by atoms with Gasteiger partial charge in [-0.15, -0.1) is 0 Å². The number of ketones is 1. The van der Waals surface area contributed by atoms with Crippen LogP contribution in [0.15, 0.2) is 11.1 Å². The first-order valence-electron chi connectivity index (χ1n) is 14.1. The van der Waals surface area contributed by atoms with E-state index in [1.54, 1.807) is 13.8 Å². The number of hydrogen-bond donors (Lipinski definition) is 5. The number of Topliss-reactive ketones (excluding diaryl/α,β-unsaturated/α-hetero) is 1. The third-order valence-corrected chi connectivity index (χ3v) is 12.7. The van der Waals surface area contributed by atoms with Crippen LogP contribution in [-0.2, 0) is 4.79 Å². The Morgan fingerprint density at radius 2 is 1.56 bits per heavy atom. The van der Waals surface area contributed by atoms with Crippen LogP contribution in [0.2, 0.25) is 0 Å². The van der Waals surface area contributed by atoms with Crippen molar-refractivity contribution in [3.63, 3.8) is 0 Å². The molecule has 0 radical (unpaired) electrons. The van der Waals surface area contributed by atoms with E-state index in [1.165, 1.54) is 0 Å². The summed E-state index contributed by atoms with van der Waals surface area (Å²) in [5.41, 5.74) is -1.77. The number of carbonyl (C=O) groups is 1. The summed E-state index contributed by atoms with van der Waals surface area (Å²) in [6.07, 6.45) is 1.37. The molecule has 0 spiro atoms. The topological polar surface area (TPSA) is 118 Å². The van der Waals surface area contributed by atoms with E-state index in [0.717, 1.165) is 18.4 Å². The first-order chi connectivity index (χ1) is 16.4. The molecule has 5 N–H and O–H groups in total. The Kier molecular flexibility index (Phi) is 5.86. The fourth-order valence-electron chi connectivity index (χ4n) is 10.4. The van der Waals surface area contributed by atoms with E-state index in [-0.39, 0.29) is 29.5 Å². The van der Waals surface area contributed by atoms with Gasteiger partial charge in [0.1, 0.15) is 0 Å². The summed E-state index contributed by atoms with van der Waals surface area (Å²) in [7, 11) is 0. The molecule has 0 bridgehead atoms. The molecule has 11 atom stereocenters. The minimum absolute atomic E-state index is 0.00293. The van der Waals surface area contributed by atoms with Gasteiger partial charge in [-0.1, -0.05) is 34.6 Å². The molecule has 0 amide bonds. The Labute approximate surface area is 216 Å². The van der Waals surface area contributed by atoms with Crippen molar-refractivity contribution < 1.29 is 30.3 Å². The molecular weight excluding hydrogens is 456 g/mol. The lowest BCUT2D eigenvalue weighted by Gasteiger charge is -2.62. The molecule has 0 aliphatic heterocycles. The number of aliphatic hydroxyl groups excluding tert-OH is 4. The van der Waals surface area contributed by atoms with E-state index in [9.17, 15) is 30.3 Å². The summed E-state index contributed by atoms with van der Waals surface area (Å²) < 4.78 is 0. The number of hydrogen-bond acceptors (Lipinski definition) is 6. The van der Waals surface area contributed by atoms with Crippen LogP contribution in [0.1, 0.15) is 93.4 Å². The largest absolute Gasteiger partial charge is 0.393 e. The second kappa shape index (κ2) is 7.88. The Balaban J connectivity index is 1.61. The molecule has 0 heterocycles. The van der Waals surface area contributed by atoms with Crippen LogP contribution in [0.5, 0.6) is 0 Å². The lowest BCUT2D eigenvalue weighted by atomic mass is 9.42. The summed E-state index contributed by atoms with van der Waals surface area (Å²) in [4.78, 5) is 14.0. The molecular formula is C30H48O6. The third kappa shape index (κ3) is 3.17. The monoisotopic (exact) mass is 504 g/mol. The van der Waals surface area contributed by atoms with Gasteiger partial charge >= 0.3 is 0 Å². The molecule has 5 aliphatic carbocycles. The van der Waals surface area contributed by atoms with Crippen LogP contribution in [0.3, 0.4) is 0 Å². The first kappa shape index (κ1) is 26.8. The summed E-state index contributed by atoms with van der Waals surface area (Å²) in [5.74, 6) is -0.455. The summed E-state index contributed by atoms with van der Waals surface area (Å²) in [5, 5.41) is 56.4. The van der Waals surface area contributed by atoms with Crippen LogP contribution in [0, 0.1) is 45.3 Å². The van der Waals surface area contributed by atoms with Gasteiger partial charge < -0.3 is 25.5 Å². The smallest absolute Gasteiger partial charge is 0.159 e. The number of rotatable bonds is 2. The van der Waals surface area contributed by atoms with Crippen molar-refractivity contribution >= 4 is 5.78 Å². The maximum atomic E-state index is 14.0. The summed E-state index contributed by atoms with van der Waals surface area (Å²) in [6, 6.07) is 0. The van der Waals surface area contributed by atoms with Crippen molar-refractivity contribution in [1.82, 2.24) is 0 Å². The zero-order valence-electron chi connectivity index (χ0n) is 23.2. The van der Waals surface area contributed by atoms with Crippen molar-refractivity contribution in [3.8, 4) is 0 Å². The van der Waals surface area contributed by atoms with Crippen LogP contribution in [-0.4, -0.2) is 61.3 Å². The van der Waals surface area contributed by atoms with Gasteiger partial charge in [0.05, 0.1) is 30.0 Å². The second-order valence-electron chi connectivity index (χ2n) is 15.0. The average molecular weight is 505 g/mol. The zero-order valence-corrected chi connectivity index (χ0v) is 23.2. The number of fused-ring (bicyclic) bond motifs is 4. The van der Waals surface area contributed by atoms with E-state index < -0.39 is 51.7 Å². The highest BCUT2D eigenvalue weighted by molar-refractivity contribution is 6.00. The second-order valence-corrected chi connectivity index (χ2v) is 15.0. The van der Waals surface area contributed by atoms with Crippen LogP contribution in [0.4, 0.5) is 0 Å². The van der Waals surface area contributed by atoms with E-state index in [1.807, 2.05) is 20.8 Å². The van der Waals surface area contributed by atoms with E-state index in [4.69, 9.17) is 0 Å². The predicted octanol–water partition coefficient (Wildman–Crippen LogP) is 3.38. The molecule has 204 valence electrons. The Morgan fingerprint density at radius 1 is 0.917 bits per heavy atom. The predicted molar refractivity (Wildman–Crippen MR) is 137 cm³/mol. The van der Waals surface area contributed by atoms with Crippen molar-refractivity contribution in [2.24, 2.45) is 45.3 Å². The Morgan fingerprint density at radius 3 is 2.14 bits per heavy atom. The van der Waals surface area contributed by atoms with Crippen LogP contribution >= 0.6 is 0 Å².